The van der Waals surface area contributed by atoms with Gasteiger partial charge in [-0.1, -0.05) is 44.7 Å². The molecule has 0 aliphatic heterocycles. The molecule has 21 heavy (non-hydrogen) atoms. The first kappa shape index (κ1) is 15.8. The van der Waals surface area contributed by atoms with E-state index in [0.29, 0.717) is 6.42 Å². The zero-order chi connectivity index (χ0) is 15.1. The van der Waals surface area contributed by atoms with Gasteiger partial charge < -0.3 is 10.1 Å². The maximum atomic E-state index is 13.6. The molecule has 1 amide bonds. The highest BCUT2D eigenvalue weighted by atomic mass is 19.1. The minimum atomic E-state index is -0.634. The highest BCUT2D eigenvalue weighted by Gasteiger charge is 2.23. The van der Waals surface area contributed by atoms with E-state index in [1.807, 2.05) is 6.92 Å². The van der Waals surface area contributed by atoms with Crippen LogP contribution >= 0.6 is 0 Å². The zero-order valence-corrected chi connectivity index (χ0v) is 12.6. The Kier molecular flexibility index (Phi) is 6.03. The maximum Gasteiger partial charge on any atom is 0.261 e. The molecule has 1 fully saturated rings. The predicted molar refractivity (Wildman–Crippen MR) is 80.7 cm³/mol. The number of nitrogens with one attached hydrogen (secondary N) is 1. The maximum absolute atomic E-state index is 13.6. The Labute approximate surface area is 125 Å². The second-order valence-electron chi connectivity index (χ2n) is 5.64. The van der Waals surface area contributed by atoms with Gasteiger partial charge in [-0.3, -0.25) is 4.79 Å². The van der Waals surface area contributed by atoms with Gasteiger partial charge in [0.25, 0.3) is 5.91 Å². The third-order valence-electron chi connectivity index (χ3n) is 3.97. The van der Waals surface area contributed by atoms with Crippen LogP contribution in [-0.2, 0) is 4.79 Å². The van der Waals surface area contributed by atoms with Crippen LogP contribution in [0.4, 0.5) is 4.39 Å². The van der Waals surface area contributed by atoms with Gasteiger partial charge in [0.15, 0.2) is 17.7 Å². The molecule has 2 rings (SSSR count). The van der Waals surface area contributed by atoms with E-state index in [9.17, 15) is 9.18 Å². The van der Waals surface area contributed by atoms with Crippen LogP contribution in [0.3, 0.4) is 0 Å². The van der Waals surface area contributed by atoms with Gasteiger partial charge in [0.05, 0.1) is 0 Å². The molecule has 0 unspecified atom stereocenters. The van der Waals surface area contributed by atoms with Crippen molar-refractivity contribution < 1.29 is 13.9 Å². The van der Waals surface area contributed by atoms with E-state index < -0.39 is 11.9 Å². The van der Waals surface area contributed by atoms with Crippen molar-refractivity contribution in [3.8, 4) is 5.75 Å². The Morgan fingerprint density at radius 3 is 2.57 bits per heavy atom. The number of hydrogen-bond acceptors (Lipinski definition) is 2. The average Bonchev–Trinajstić information content (AvgIpc) is 2.75. The highest BCUT2D eigenvalue weighted by molar-refractivity contribution is 5.81. The third kappa shape index (κ3) is 4.73. The normalized spacial score (nSPS) is 17.8. The first-order valence-corrected chi connectivity index (χ1v) is 7.92. The summed E-state index contributed by atoms with van der Waals surface area (Å²) in [6, 6.07) is 6.43. The second-order valence-corrected chi connectivity index (χ2v) is 5.64. The lowest BCUT2D eigenvalue weighted by molar-refractivity contribution is -0.129. The fourth-order valence-electron chi connectivity index (χ4n) is 2.73. The monoisotopic (exact) mass is 293 g/mol. The number of halogens is 1. The fourth-order valence-corrected chi connectivity index (χ4v) is 2.73. The van der Waals surface area contributed by atoms with Gasteiger partial charge in [0.2, 0.25) is 0 Å². The SMILES string of the molecule is CC[C@H](Oc1ccccc1F)C(=O)NC1CCCCCC1. The largest absolute Gasteiger partial charge is 0.478 e. The van der Waals surface area contributed by atoms with Crippen molar-refractivity contribution in [2.75, 3.05) is 0 Å². The summed E-state index contributed by atoms with van der Waals surface area (Å²) >= 11 is 0. The van der Waals surface area contributed by atoms with Crippen molar-refractivity contribution in [3.63, 3.8) is 0 Å². The summed E-state index contributed by atoms with van der Waals surface area (Å²) in [6.45, 7) is 1.87. The van der Waals surface area contributed by atoms with E-state index in [1.165, 1.54) is 18.9 Å². The molecule has 116 valence electrons. The molecule has 1 aliphatic carbocycles. The summed E-state index contributed by atoms with van der Waals surface area (Å²) in [5.41, 5.74) is 0. The molecule has 0 spiro atoms. The number of hydrogen-bond donors (Lipinski definition) is 1. The van der Waals surface area contributed by atoms with Crippen LogP contribution in [-0.4, -0.2) is 18.1 Å². The van der Waals surface area contributed by atoms with Crippen molar-refractivity contribution in [3.05, 3.63) is 30.1 Å². The summed E-state index contributed by atoms with van der Waals surface area (Å²) in [5, 5.41) is 3.06. The Morgan fingerprint density at radius 1 is 1.29 bits per heavy atom. The van der Waals surface area contributed by atoms with Crippen molar-refractivity contribution >= 4 is 5.91 Å². The van der Waals surface area contributed by atoms with Crippen molar-refractivity contribution in [2.24, 2.45) is 0 Å². The van der Waals surface area contributed by atoms with Crippen molar-refractivity contribution in [1.29, 1.82) is 0 Å². The van der Waals surface area contributed by atoms with Crippen LogP contribution in [0.25, 0.3) is 0 Å². The zero-order valence-electron chi connectivity index (χ0n) is 12.6. The van der Waals surface area contributed by atoms with E-state index in [4.69, 9.17) is 4.74 Å². The lowest BCUT2D eigenvalue weighted by atomic mass is 10.1. The molecule has 0 heterocycles. The minimum Gasteiger partial charge on any atom is -0.478 e. The number of carbonyl (C=O) groups is 1. The van der Waals surface area contributed by atoms with Crippen LogP contribution in [0.15, 0.2) is 24.3 Å². The molecule has 0 radical (unpaired) electrons. The first-order chi connectivity index (χ1) is 10.2. The molecule has 3 nitrogen and oxygen atoms in total. The van der Waals surface area contributed by atoms with Crippen LogP contribution in [0.2, 0.25) is 0 Å². The van der Waals surface area contributed by atoms with E-state index in [1.54, 1.807) is 18.2 Å². The standard InChI is InChI=1S/C17H24FNO2/c1-2-15(21-16-12-8-7-11-14(16)18)17(20)19-13-9-5-3-4-6-10-13/h7-8,11-13,15H,2-6,9-10H2,1H3,(H,19,20)/t15-/m0/s1. The Hall–Kier alpha value is -1.58. The topological polar surface area (TPSA) is 38.3 Å². The molecule has 0 bridgehead atoms. The van der Waals surface area contributed by atoms with E-state index in [-0.39, 0.29) is 17.7 Å². The Balaban J connectivity index is 1.93. The van der Waals surface area contributed by atoms with Gasteiger partial charge in [-0.25, -0.2) is 4.39 Å². The quantitative estimate of drug-likeness (QED) is 0.838. The molecule has 1 aromatic rings. The van der Waals surface area contributed by atoms with Crippen LogP contribution < -0.4 is 10.1 Å². The Morgan fingerprint density at radius 2 is 1.95 bits per heavy atom. The first-order valence-electron chi connectivity index (χ1n) is 7.92. The molecule has 0 saturated heterocycles. The number of para-hydroxylation sites is 1. The number of rotatable bonds is 5. The van der Waals surface area contributed by atoms with Gasteiger partial charge in [-0.15, -0.1) is 0 Å². The summed E-state index contributed by atoms with van der Waals surface area (Å²) in [7, 11) is 0. The van der Waals surface area contributed by atoms with Gasteiger partial charge in [0.1, 0.15) is 0 Å². The molecular weight excluding hydrogens is 269 g/mol. The molecule has 0 aromatic heterocycles. The smallest absolute Gasteiger partial charge is 0.261 e. The van der Waals surface area contributed by atoms with Crippen molar-refractivity contribution in [1.82, 2.24) is 5.32 Å². The molecular formula is C17H24FNO2. The number of amides is 1. The summed E-state index contributed by atoms with van der Waals surface area (Å²) in [6.07, 6.45) is 6.76. The Bertz CT molecular complexity index is 456. The van der Waals surface area contributed by atoms with Gasteiger partial charge in [-0.05, 0) is 31.4 Å². The molecule has 1 aliphatic rings. The van der Waals surface area contributed by atoms with E-state index >= 15 is 0 Å². The van der Waals surface area contributed by atoms with Gasteiger partial charge in [-0.2, -0.15) is 0 Å². The second kappa shape index (κ2) is 8.01. The van der Waals surface area contributed by atoms with Crippen molar-refractivity contribution in [2.45, 2.75) is 64.0 Å². The van der Waals surface area contributed by atoms with Crippen LogP contribution in [0.5, 0.6) is 5.75 Å². The number of carbonyl (C=O) groups excluding carboxylic acids is 1. The number of benzene rings is 1. The third-order valence-corrected chi connectivity index (χ3v) is 3.97. The average molecular weight is 293 g/mol. The highest BCUT2D eigenvalue weighted by Crippen LogP contribution is 2.20. The summed E-state index contributed by atoms with van der Waals surface area (Å²) < 4.78 is 19.1. The van der Waals surface area contributed by atoms with E-state index in [0.717, 1.165) is 25.7 Å². The predicted octanol–water partition coefficient (Wildman–Crippen LogP) is 3.82. The molecule has 1 saturated carbocycles. The lowest BCUT2D eigenvalue weighted by Gasteiger charge is -2.22. The fraction of sp³-hybridized carbons (Fsp3) is 0.588. The molecule has 4 heteroatoms. The molecule has 1 N–H and O–H groups in total. The van der Waals surface area contributed by atoms with Gasteiger partial charge >= 0.3 is 0 Å². The minimum absolute atomic E-state index is 0.132. The lowest BCUT2D eigenvalue weighted by Crippen LogP contribution is -2.43. The summed E-state index contributed by atoms with van der Waals surface area (Å²) in [5.74, 6) is -0.425. The van der Waals surface area contributed by atoms with Crippen LogP contribution in [0.1, 0.15) is 51.9 Å². The van der Waals surface area contributed by atoms with Crippen LogP contribution in [0, 0.1) is 5.82 Å². The summed E-state index contributed by atoms with van der Waals surface area (Å²) in [4.78, 5) is 12.3. The molecule has 1 aromatic carbocycles. The van der Waals surface area contributed by atoms with E-state index in [2.05, 4.69) is 5.32 Å². The van der Waals surface area contributed by atoms with Gasteiger partial charge in [0, 0.05) is 6.04 Å². The number of ether oxygens (including phenoxy) is 1. The molecule has 1 atom stereocenters.